The lowest BCUT2D eigenvalue weighted by Gasteiger charge is -2.31. The molecule has 1 aromatic carbocycles. The molecular weight excluding hydrogens is 454 g/mol. The second kappa shape index (κ2) is 10.2. The minimum Gasteiger partial charge on any atom is -0.433 e. The summed E-state index contributed by atoms with van der Waals surface area (Å²) in [6.45, 7) is 8.84. The second-order valence-electron chi connectivity index (χ2n) is 7.41. The number of imidazole rings is 1. The van der Waals surface area contributed by atoms with Crippen LogP contribution in [0.25, 0.3) is 0 Å². The fourth-order valence-corrected chi connectivity index (χ4v) is 4.29. The molecule has 0 saturated heterocycles. The molecule has 2 aromatic rings. The van der Waals surface area contributed by atoms with E-state index in [-0.39, 0.29) is 35.8 Å². The van der Waals surface area contributed by atoms with Crippen LogP contribution in [0.4, 0.5) is 21.9 Å². The number of hydrogen-bond acceptors (Lipinski definition) is 5. The molecule has 0 N–H and O–H groups in total. The number of benzene rings is 1. The SMILES string of the molecule is CSc1nc(C(OC(=O)N(C(C)C)C(C)C)c2cccc(C(F)(F)F)c2)n(SF)c1C. The van der Waals surface area contributed by atoms with E-state index in [0.29, 0.717) is 10.7 Å². The summed E-state index contributed by atoms with van der Waals surface area (Å²) in [5, 5.41) is 0.484. The van der Waals surface area contributed by atoms with Crippen LogP contribution in [0.2, 0.25) is 0 Å². The molecule has 2 rings (SSSR count). The van der Waals surface area contributed by atoms with E-state index in [1.165, 1.54) is 28.8 Å². The third-order valence-corrected chi connectivity index (χ3v) is 5.97. The highest BCUT2D eigenvalue weighted by atomic mass is 32.2. The van der Waals surface area contributed by atoms with Gasteiger partial charge in [0.25, 0.3) is 0 Å². The zero-order chi connectivity index (χ0) is 23.5. The lowest BCUT2D eigenvalue weighted by atomic mass is 10.0. The number of carbonyl (C=O) groups excluding carboxylic acids is 1. The Labute approximate surface area is 188 Å². The molecule has 5 nitrogen and oxygen atoms in total. The van der Waals surface area contributed by atoms with Crippen LogP contribution in [0.3, 0.4) is 0 Å². The summed E-state index contributed by atoms with van der Waals surface area (Å²) in [6.07, 6.45) is -4.90. The highest BCUT2D eigenvalue weighted by Crippen LogP contribution is 2.36. The third-order valence-electron chi connectivity index (χ3n) is 4.59. The van der Waals surface area contributed by atoms with Gasteiger partial charge in [-0.25, -0.2) is 13.8 Å². The van der Waals surface area contributed by atoms with Crippen molar-refractivity contribution in [2.24, 2.45) is 0 Å². The normalized spacial score (nSPS) is 13.0. The largest absolute Gasteiger partial charge is 0.433 e. The maximum atomic E-state index is 13.8. The van der Waals surface area contributed by atoms with Gasteiger partial charge in [0.05, 0.1) is 11.3 Å². The molecular formula is C20H25F4N3O2S2. The quantitative estimate of drug-likeness (QED) is 0.328. The molecule has 0 aliphatic carbocycles. The summed E-state index contributed by atoms with van der Waals surface area (Å²) >= 11 is 1.11. The van der Waals surface area contributed by atoms with E-state index in [1.54, 1.807) is 40.9 Å². The van der Waals surface area contributed by atoms with E-state index < -0.39 is 23.9 Å². The third kappa shape index (κ3) is 5.68. The van der Waals surface area contributed by atoms with Gasteiger partial charge < -0.3 is 9.64 Å². The smallest absolute Gasteiger partial charge is 0.416 e. The van der Waals surface area contributed by atoms with Gasteiger partial charge in [-0.1, -0.05) is 12.1 Å². The van der Waals surface area contributed by atoms with Crippen LogP contribution in [0.5, 0.6) is 0 Å². The first kappa shape index (κ1) is 25.4. The van der Waals surface area contributed by atoms with Crippen molar-refractivity contribution >= 4 is 30.2 Å². The minimum atomic E-state index is -4.59. The van der Waals surface area contributed by atoms with E-state index in [1.807, 2.05) is 0 Å². The van der Waals surface area contributed by atoms with Crippen molar-refractivity contribution < 1.29 is 26.6 Å². The molecule has 0 spiro atoms. The molecule has 0 fully saturated rings. The van der Waals surface area contributed by atoms with Crippen LogP contribution in [0, 0.1) is 6.92 Å². The van der Waals surface area contributed by atoms with E-state index in [2.05, 4.69) is 4.98 Å². The molecule has 0 aliphatic heterocycles. The van der Waals surface area contributed by atoms with Crippen LogP contribution < -0.4 is 0 Å². The number of halogens is 4. The topological polar surface area (TPSA) is 47.4 Å². The Balaban J connectivity index is 2.63. The molecule has 172 valence electrons. The van der Waals surface area contributed by atoms with Crippen molar-refractivity contribution in [2.75, 3.05) is 6.26 Å². The summed E-state index contributed by atoms with van der Waals surface area (Å²) in [5.41, 5.74) is -0.389. The van der Waals surface area contributed by atoms with Gasteiger partial charge in [0.1, 0.15) is 5.03 Å². The zero-order valence-corrected chi connectivity index (χ0v) is 19.7. The Kier molecular flexibility index (Phi) is 8.32. The molecule has 0 radical (unpaired) electrons. The molecule has 1 amide bonds. The van der Waals surface area contributed by atoms with Gasteiger partial charge in [0.2, 0.25) is 0 Å². The van der Waals surface area contributed by atoms with Gasteiger partial charge in [-0.3, -0.25) is 0 Å². The molecule has 0 saturated carbocycles. The highest BCUT2D eigenvalue weighted by molar-refractivity contribution is 7.98. The highest BCUT2D eigenvalue weighted by Gasteiger charge is 2.34. The molecule has 11 heteroatoms. The first-order chi connectivity index (χ1) is 14.4. The predicted octanol–water partition coefficient (Wildman–Crippen LogP) is 6.66. The van der Waals surface area contributed by atoms with Crippen LogP contribution in [-0.4, -0.2) is 38.3 Å². The number of rotatable bonds is 7. The summed E-state index contributed by atoms with van der Waals surface area (Å²) in [6, 6.07) is 4.01. The first-order valence-electron chi connectivity index (χ1n) is 9.50. The van der Waals surface area contributed by atoms with Gasteiger partial charge in [0, 0.05) is 17.6 Å². The van der Waals surface area contributed by atoms with E-state index in [4.69, 9.17) is 4.74 Å². The van der Waals surface area contributed by atoms with E-state index in [0.717, 1.165) is 16.1 Å². The Morgan fingerprint density at radius 2 is 1.81 bits per heavy atom. The van der Waals surface area contributed by atoms with Gasteiger partial charge in [-0.05, 0) is 53.0 Å². The summed E-state index contributed by atoms with van der Waals surface area (Å²) in [5.74, 6) is -0.00510. The first-order valence-corrected chi connectivity index (χ1v) is 11.4. The number of nitrogens with zero attached hydrogens (tertiary/aromatic N) is 3. The Morgan fingerprint density at radius 3 is 2.29 bits per heavy atom. The molecule has 1 atom stereocenters. The fourth-order valence-electron chi connectivity index (χ4n) is 3.26. The van der Waals surface area contributed by atoms with Crippen molar-refractivity contribution in [1.29, 1.82) is 0 Å². The standard InChI is InChI=1S/C20H25F4N3O2S2/c1-11(2)26(12(3)4)19(28)29-16(14-8-7-9-15(10-14)20(21,22)23)17-25-18(30-6)13(5)27(17)31-24/h7-12,16H,1-6H3. The number of ether oxygens (including phenoxy) is 1. The van der Waals surface area contributed by atoms with Crippen LogP contribution >= 0.6 is 24.1 Å². The molecule has 1 aromatic heterocycles. The minimum absolute atomic E-state index is 0.00510. The van der Waals surface area contributed by atoms with Crippen LogP contribution in [0.15, 0.2) is 29.3 Å². The number of aromatic nitrogens is 2. The molecule has 1 heterocycles. The monoisotopic (exact) mass is 479 g/mol. The van der Waals surface area contributed by atoms with Crippen LogP contribution in [0.1, 0.15) is 56.4 Å². The number of hydrogen-bond donors (Lipinski definition) is 0. The molecule has 0 bridgehead atoms. The summed E-state index contributed by atoms with van der Waals surface area (Å²) < 4.78 is 60.5. The Bertz CT molecular complexity index is 908. The Hall–Kier alpha value is -1.88. The van der Waals surface area contributed by atoms with Crippen molar-refractivity contribution in [2.45, 2.75) is 64.0 Å². The lowest BCUT2D eigenvalue weighted by molar-refractivity contribution is -0.137. The zero-order valence-electron chi connectivity index (χ0n) is 18.0. The van der Waals surface area contributed by atoms with Gasteiger partial charge in [-0.2, -0.15) is 13.2 Å². The Morgan fingerprint density at radius 1 is 1.19 bits per heavy atom. The lowest BCUT2D eigenvalue weighted by Crippen LogP contribution is -2.43. The van der Waals surface area contributed by atoms with Crippen molar-refractivity contribution in [3.05, 3.63) is 46.9 Å². The van der Waals surface area contributed by atoms with Gasteiger partial charge >= 0.3 is 12.3 Å². The average Bonchev–Trinajstić information content (AvgIpc) is 3.00. The van der Waals surface area contributed by atoms with Crippen molar-refractivity contribution in [3.63, 3.8) is 0 Å². The van der Waals surface area contributed by atoms with Crippen LogP contribution in [-0.2, 0) is 10.9 Å². The average molecular weight is 480 g/mol. The van der Waals surface area contributed by atoms with E-state index in [9.17, 15) is 21.9 Å². The predicted molar refractivity (Wildman–Crippen MR) is 115 cm³/mol. The summed E-state index contributed by atoms with van der Waals surface area (Å²) in [7, 11) is 0. The maximum Gasteiger partial charge on any atom is 0.416 e. The maximum absolute atomic E-state index is 13.8. The fraction of sp³-hybridized carbons (Fsp3) is 0.500. The number of amides is 1. The molecule has 31 heavy (non-hydrogen) atoms. The van der Waals surface area contributed by atoms with Crippen molar-refractivity contribution in [3.8, 4) is 0 Å². The van der Waals surface area contributed by atoms with Gasteiger partial charge in [0.15, 0.2) is 24.3 Å². The van der Waals surface area contributed by atoms with Crippen molar-refractivity contribution in [1.82, 2.24) is 13.9 Å². The number of alkyl halides is 3. The molecule has 1 unspecified atom stereocenters. The second-order valence-corrected chi connectivity index (χ2v) is 8.71. The number of thioether (sulfide) groups is 1. The number of carbonyl (C=O) groups is 1. The molecule has 0 aliphatic rings. The van der Waals surface area contributed by atoms with E-state index >= 15 is 0 Å². The van der Waals surface area contributed by atoms with Gasteiger partial charge in [-0.15, -0.1) is 15.6 Å². The summed E-state index contributed by atoms with van der Waals surface area (Å²) in [4.78, 5) is 18.8.